The Morgan fingerprint density at radius 3 is 2.92 bits per heavy atom. The molecule has 2 aromatic rings. The minimum atomic E-state index is 0.804. The molecule has 0 atom stereocenters. The Bertz CT molecular complexity index is 467. The number of rotatable bonds is 1. The lowest BCUT2D eigenvalue weighted by Gasteiger charge is -2.04. The van der Waals surface area contributed by atoms with E-state index in [1.807, 2.05) is 30.5 Å². The summed E-state index contributed by atoms with van der Waals surface area (Å²) in [7, 11) is 1.71. The van der Waals surface area contributed by atoms with Gasteiger partial charge in [0, 0.05) is 12.4 Å². The van der Waals surface area contributed by atoms with Gasteiger partial charge in [-0.05, 0) is 12.1 Å². The van der Waals surface area contributed by atoms with E-state index in [0.29, 0.717) is 0 Å². The van der Waals surface area contributed by atoms with Gasteiger partial charge in [-0.1, -0.05) is 12.1 Å². The van der Waals surface area contributed by atoms with Crippen molar-refractivity contribution in [2.75, 3.05) is 11.9 Å². The molecule has 0 spiro atoms. The second-order valence-corrected chi connectivity index (χ2v) is 2.78. The van der Waals surface area contributed by atoms with E-state index in [0.717, 1.165) is 16.7 Å². The van der Waals surface area contributed by atoms with Crippen molar-refractivity contribution in [1.29, 1.82) is 5.26 Å². The fraction of sp³-hybridized carbons (Fsp3) is 0.100. The fourth-order valence-electron chi connectivity index (χ4n) is 1.28. The van der Waals surface area contributed by atoms with Crippen LogP contribution in [0.25, 0.3) is 11.0 Å². The minimum absolute atomic E-state index is 0.804. The molecule has 64 valence electrons. The van der Waals surface area contributed by atoms with Gasteiger partial charge in [0.15, 0.2) is 6.19 Å². The van der Waals surface area contributed by atoms with Gasteiger partial charge in [-0.15, -0.1) is 0 Å². The highest BCUT2D eigenvalue weighted by Gasteiger charge is 2.07. The minimum Gasteiger partial charge on any atom is -0.462 e. The second-order valence-electron chi connectivity index (χ2n) is 2.78. The Balaban J connectivity index is 2.66. The van der Waals surface area contributed by atoms with Crippen LogP contribution in [-0.2, 0) is 0 Å². The van der Waals surface area contributed by atoms with Gasteiger partial charge in [0.25, 0.3) is 0 Å². The molecule has 0 aliphatic heterocycles. The Kier molecular flexibility index (Phi) is 1.67. The Hall–Kier alpha value is -1.95. The molecule has 1 heterocycles. The molecule has 3 nitrogen and oxygen atoms in total. The maximum Gasteiger partial charge on any atom is 0.184 e. The van der Waals surface area contributed by atoms with Crippen molar-refractivity contribution >= 4 is 16.7 Å². The van der Waals surface area contributed by atoms with Gasteiger partial charge < -0.3 is 4.42 Å². The number of furan rings is 1. The third kappa shape index (κ3) is 1.13. The van der Waals surface area contributed by atoms with Crippen molar-refractivity contribution in [3.8, 4) is 6.19 Å². The van der Waals surface area contributed by atoms with E-state index in [2.05, 4.69) is 0 Å². The Labute approximate surface area is 75.8 Å². The molecule has 0 N–H and O–H groups in total. The molecule has 0 saturated carbocycles. The zero-order chi connectivity index (χ0) is 9.26. The van der Waals surface area contributed by atoms with E-state index in [1.165, 1.54) is 4.90 Å². The van der Waals surface area contributed by atoms with Crippen LogP contribution in [0.3, 0.4) is 0 Å². The maximum atomic E-state index is 8.70. The number of hydrogen-bond acceptors (Lipinski definition) is 3. The van der Waals surface area contributed by atoms with E-state index in [9.17, 15) is 0 Å². The first kappa shape index (κ1) is 7.69. The summed E-state index contributed by atoms with van der Waals surface area (Å²) in [6.45, 7) is 0. The molecule has 2 rings (SSSR count). The van der Waals surface area contributed by atoms with Gasteiger partial charge in [0.1, 0.15) is 11.8 Å². The zero-order valence-corrected chi connectivity index (χ0v) is 7.19. The van der Waals surface area contributed by atoms with Crippen LogP contribution in [0.5, 0.6) is 0 Å². The third-order valence-corrected chi connectivity index (χ3v) is 1.97. The number of nitrogens with zero attached hydrogens (tertiary/aromatic N) is 2. The van der Waals surface area contributed by atoms with E-state index in [-0.39, 0.29) is 0 Å². The molecular formula is C10H8N2O. The molecule has 0 fully saturated rings. The summed E-state index contributed by atoms with van der Waals surface area (Å²) >= 11 is 0. The zero-order valence-electron chi connectivity index (χ0n) is 7.19. The molecule has 3 heteroatoms. The van der Waals surface area contributed by atoms with Gasteiger partial charge in [-0.25, -0.2) is 0 Å². The lowest BCUT2D eigenvalue weighted by molar-refractivity contribution is 0.616. The molecule has 0 unspecified atom stereocenters. The highest BCUT2D eigenvalue weighted by Crippen LogP contribution is 2.27. The predicted octanol–water partition coefficient (Wildman–Crippen LogP) is 2.35. The summed E-state index contributed by atoms with van der Waals surface area (Å²) in [6.07, 6.45) is 3.62. The van der Waals surface area contributed by atoms with E-state index in [1.54, 1.807) is 13.3 Å². The lowest BCUT2D eigenvalue weighted by atomic mass is 10.2. The van der Waals surface area contributed by atoms with E-state index in [4.69, 9.17) is 9.68 Å². The van der Waals surface area contributed by atoms with Crippen molar-refractivity contribution in [1.82, 2.24) is 0 Å². The normalized spacial score (nSPS) is 9.85. The number of para-hydroxylation sites is 1. The fourth-order valence-corrected chi connectivity index (χ4v) is 1.28. The first-order valence-electron chi connectivity index (χ1n) is 3.92. The highest BCUT2D eigenvalue weighted by molar-refractivity contribution is 5.91. The Morgan fingerprint density at radius 1 is 1.38 bits per heavy atom. The van der Waals surface area contributed by atoms with E-state index >= 15 is 0 Å². The summed E-state index contributed by atoms with van der Waals surface area (Å²) < 4.78 is 5.28. The summed E-state index contributed by atoms with van der Waals surface area (Å²) in [6, 6.07) is 7.64. The van der Waals surface area contributed by atoms with Crippen molar-refractivity contribution in [2.24, 2.45) is 0 Å². The van der Waals surface area contributed by atoms with Crippen molar-refractivity contribution < 1.29 is 4.42 Å². The first-order chi connectivity index (χ1) is 6.33. The maximum absolute atomic E-state index is 8.70. The summed E-state index contributed by atoms with van der Waals surface area (Å²) in [5.74, 6) is 0. The molecule has 0 saturated heterocycles. The summed E-state index contributed by atoms with van der Waals surface area (Å²) in [5.41, 5.74) is 1.61. The Morgan fingerprint density at radius 2 is 2.15 bits per heavy atom. The van der Waals surface area contributed by atoms with Crippen LogP contribution >= 0.6 is 0 Å². The quantitative estimate of drug-likeness (QED) is 0.489. The van der Waals surface area contributed by atoms with Crippen LogP contribution in [-0.4, -0.2) is 7.05 Å². The molecule has 0 amide bonds. The summed E-state index contributed by atoms with van der Waals surface area (Å²) in [5, 5.41) is 9.66. The topological polar surface area (TPSA) is 40.2 Å². The van der Waals surface area contributed by atoms with Crippen molar-refractivity contribution in [2.45, 2.75) is 0 Å². The standard InChI is InChI=1S/C10H8N2O/c1-12(7-11)9-6-13-10-5-3-2-4-8(9)10/h2-6H,1H3. The molecule has 0 aliphatic carbocycles. The van der Waals surface area contributed by atoms with Gasteiger partial charge in [-0.2, -0.15) is 5.26 Å². The predicted molar refractivity (Wildman–Crippen MR) is 50.2 cm³/mol. The lowest BCUT2D eigenvalue weighted by Crippen LogP contribution is -2.06. The van der Waals surface area contributed by atoms with Crippen LogP contribution in [0.1, 0.15) is 0 Å². The number of nitriles is 1. The largest absolute Gasteiger partial charge is 0.462 e. The number of benzene rings is 1. The van der Waals surface area contributed by atoms with Gasteiger partial charge in [-0.3, -0.25) is 4.90 Å². The van der Waals surface area contributed by atoms with Gasteiger partial charge in [0.2, 0.25) is 0 Å². The van der Waals surface area contributed by atoms with E-state index < -0.39 is 0 Å². The third-order valence-electron chi connectivity index (χ3n) is 1.97. The highest BCUT2D eigenvalue weighted by atomic mass is 16.3. The summed E-state index contributed by atoms with van der Waals surface area (Å²) in [4.78, 5) is 1.48. The average molecular weight is 172 g/mol. The van der Waals surface area contributed by atoms with Gasteiger partial charge >= 0.3 is 0 Å². The number of fused-ring (bicyclic) bond motifs is 1. The molecule has 1 aromatic heterocycles. The first-order valence-corrected chi connectivity index (χ1v) is 3.92. The van der Waals surface area contributed by atoms with Crippen LogP contribution in [0.2, 0.25) is 0 Å². The average Bonchev–Trinajstić information content (AvgIpc) is 2.60. The smallest absolute Gasteiger partial charge is 0.184 e. The van der Waals surface area contributed by atoms with Gasteiger partial charge in [0.05, 0.1) is 5.69 Å². The molecule has 1 aromatic carbocycles. The van der Waals surface area contributed by atoms with Crippen molar-refractivity contribution in [3.63, 3.8) is 0 Å². The van der Waals surface area contributed by atoms with Crippen LogP contribution in [0.4, 0.5) is 5.69 Å². The molecule has 0 radical (unpaired) electrons. The SMILES string of the molecule is CN(C#N)c1coc2ccccc12. The van der Waals surface area contributed by atoms with Crippen LogP contribution in [0.15, 0.2) is 34.9 Å². The number of hydrogen-bond donors (Lipinski definition) is 0. The monoisotopic (exact) mass is 172 g/mol. The molecule has 13 heavy (non-hydrogen) atoms. The molecule has 0 aliphatic rings. The molecular weight excluding hydrogens is 164 g/mol. The van der Waals surface area contributed by atoms with Crippen molar-refractivity contribution in [3.05, 3.63) is 30.5 Å². The van der Waals surface area contributed by atoms with Crippen LogP contribution in [0, 0.1) is 11.5 Å². The molecule has 0 bridgehead atoms. The second kappa shape index (κ2) is 2.83. The number of anilines is 1. The van der Waals surface area contributed by atoms with Crippen LogP contribution < -0.4 is 4.90 Å².